The molecular weight excluding hydrogens is 550 g/mol. The van der Waals surface area contributed by atoms with Gasteiger partial charge in [0, 0.05) is 18.2 Å². The van der Waals surface area contributed by atoms with Gasteiger partial charge in [-0.05, 0) is 55.5 Å². The standard InChI is InChI=1S/C35H36F2N2O4/c1-34(2,3)43-33(40)39-21-20-30(35(36,37)24-39)28-16-14-27(15-17-28)29-18-19-31(41-22-25-10-6-4-7-11-25)38-32(29)42-23-26-12-8-5-9-13-26/h4-19,30H,20-24H2,1-3H3. The number of alkyl halides is 2. The fraction of sp³-hybridized carbons (Fsp3) is 0.314. The van der Waals surface area contributed by atoms with Crippen molar-refractivity contribution in [3.8, 4) is 22.9 Å². The summed E-state index contributed by atoms with van der Waals surface area (Å²) >= 11 is 0. The number of benzene rings is 3. The maximum absolute atomic E-state index is 15.3. The minimum Gasteiger partial charge on any atom is -0.473 e. The number of nitrogens with zero attached hydrogens (tertiary/aromatic N) is 2. The predicted molar refractivity (Wildman–Crippen MR) is 161 cm³/mol. The lowest BCUT2D eigenvalue weighted by Gasteiger charge is -2.39. The van der Waals surface area contributed by atoms with Gasteiger partial charge in [0.05, 0.1) is 12.5 Å². The van der Waals surface area contributed by atoms with Crippen LogP contribution in [0.25, 0.3) is 11.1 Å². The molecule has 0 aliphatic carbocycles. The molecule has 43 heavy (non-hydrogen) atoms. The van der Waals surface area contributed by atoms with E-state index in [2.05, 4.69) is 4.98 Å². The van der Waals surface area contributed by atoms with E-state index >= 15 is 8.78 Å². The molecule has 4 aromatic rings. The number of carbonyl (C=O) groups is 1. The van der Waals surface area contributed by atoms with Crippen LogP contribution in [-0.4, -0.2) is 40.6 Å². The van der Waals surface area contributed by atoms with E-state index in [1.54, 1.807) is 39.0 Å². The van der Waals surface area contributed by atoms with Crippen LogP contribution in [0.15, 0.2) is 97.1 Å². The maximum atomic E-state index is 15.3. The van der Waals surface area contributed by atoms with E-state index in [1.807, 2.05) is 78.9 Å². The quantitative estimate of drug-likeness (QED) is 0.208. The van der Waals surface area contributed by atoms with Crippen molar-refractivity contribution in [1.82, 2.24) is 9.88 Å². The Balaban J connectivity index is 1.33. The fourth-order valence-electron chi connectivity index (χ4n) is 5.02. The van der Waals surface area contributed by atoms with E-state index in [0.717, 1.165) is 27.2 Å². The maximum Gasteiger partial charge on any atom is 0.410 e. The minimum atomic E-state index is -3.10. The third-order valence-corrected chi connectivity index (χ3v) is 7.16. The monoisotopic (exact) mass is 586 g/mol. The first kappa shape index (κ1) is 30.0. The summed E-state index contributed by atoms with van der Waals surface area (Å²) in [4.78, 5) is 18.2. The number of carbonyl (C=O) groups excluding carboxylic acids is 1. The van der Waals surface area contributed by atoms with Crippen LogP contribution in [0.2, 0.25) is 0 Å². The molecule has 6 nitrogen and oxygen atoms in total. The van der Waals surface area contributed by atoms with Crippen LogP contribution in [-0.2, 0) is 18.0 Å². The van der Waals surface area contributed by atoms with Gasteiger partial charge >= 0.3 is 6.09 Å². The van der Waals surface area contributed by atoms with E-state index in [9.17, 15) is 4.79 Å². The van der Waals surface area contributed by atoms with Crippen LogP contribution >= 0.6 is 0 Å². The summed E-state index contributed by atoms with van der Waals surface area (Å²) in [5, 5.41) is 0. The number of hydrogen-bond donors (Lipinski definition) is 0. The van der Waals surface area contributed by atoms with Crippen LogP contribution < -0.4 is 9.47 Å². The molecule has 3 aromatic carbocycles. The van der Waals surface area contributed by atoms with Gasteiger partial charge in [-0.2, -0.15) is 4.98 Å². The molecule has 0 N–H and O–H groups in total. The van der Waals surface area contributed by atoms with E-state index in [0.29, 0.717) is 30.5 Å². The number of hydrogen-bond acceptors (Lipinski definition) is 5. The molecule has 1 fully saturated rings. The number of halogens is 2. The fourth-order valence-corrected chi connectivity index (χ4v) is 5.02. The molecule has 1 aliphatic heterocycles. The van der Waals surface area contributed by atoms with Crippen LogP contribution in [0, 0.1) is 0 Å². The Morgan fingerprint density at radius 1 is 0.860 bits per heavy atom. The van der Waals surface area contributed by atoms with Crippen LogP contribution in [0.4, 0.5) is 13.6 Å². The highest BCUT2D eigenvalue weighted by atomic mass is 19.3. The number of rotatable bonds is 8. The van der Waals surface area contributed by atoms with Crippen molar-refractivity contribution in [3.05, 3.63) is 114 Å². The summed E-state index contributed by atoms with van der Waals surface area (Å²) in [5.41, 5.74) is 3.28. The summed E-state index contributed by atoms with van der Waals surface area (Å²) in [6.45, 7) is 5.34. The molecular formula is C35H36F2N2O4. The van der Waals surface area contributed by atoms with Gasteiger partial charge in [-0.1, -0.05) is 84.9 Å². The third kappa shape index (κ3) is 7.89. The zero-order valence-electron chi connectivity index (χ0n) is 24.6. The minimum absolute atomic E-state index is 0.131. The highest BCUT2D eigenvalue weighted by Crippen LogP contribution is 2.41. The number of likely N-dealkylation sites (tertiary alicyclic amines) is 1. The van der Waals surface area contributed by atoms with Crippen LogP contribution in [0.5, 0.6) is 11.8 Å². The number of pyridine rings is 1. The first-order valence-corrected chi connectivity index (χ1v) is 14.4. The van der Waals surface area contributed by atoms with Gasteiger partial charge in [-0.3, -0.25) is 0 Å². The Bertz CT molecular complexity index is 1510. The van der Waals surface area contributed by atoms with Crippen molar-refractivity contribution in [2.75, 3.05) is 13.1 Å². The second-order valence-corrected chi connectivity index (χ2v) is 11.7. The predicted octanol–water partition coefficient (Wildman–Crippen LogP) is 8.27. The second kappa shape index (κ2) is 12.8. The van der Waals surface area contributed by atoms with Crippen molar-refractivity contribution in [3.63, 3.8) is 0 Å². The molecule has 1 saturated heterocycles. The van der Waals surface area contributed by atoms with E-state index in [4.69, 9.17) is 14.2 Å². The zero-order valence-corrected chi connectivity index (χ0v) is 24.6. The Labute approximate surface area is 251 Å². The Kier molecular flexibility index (Phi) is 8.94. The van der Waals surface area contributed by atoms with E-state index in [-0.39, 0.29) is 13.0 Å². The molecule has 2 heterocycles. The lowest BCUT2D eigenvalue weighted by atomic mass is 9.85. The average molecular weight is 587 g/mol. The molecule has 5 rings (SSSR count). The third-order valence-electron chi connectivity index (χ3n) is 7.16. The molecule has 1 atom stereocenters. The highest BCUT2D eigenvalue weighted by Gasteiger charge is 2.47. The highest BCUT2D eigenvalue weighted by molar-refractivity contribution is 5.70. The SMILES string of the molecule is CC(C)(C)OC(=O)N1CCC(c2ccc(-c3ccc(OCc4ccccc4)nc3OCc3ccccc3)cc2)C(F)(F)C1. The van der Waals surface area contributed by atoms with Crippen molar-refractivity contribution >= 4 is 6.09 Å². The Morgan fingerprint density at radius 2 is 1.47 bits per heavy atom. The van der Waals surface area contributed by atoms with Gasteiger partial charge in [0.1, 0.15) is 18.8 Å². The van der Waals surface area contributed by atoms with Gasteiger partial charge in [-0.25, -0.2) is 13.6 Å². The van der Waals surface area contributed by atoms with Crippen LogP contribution in [0.1, 0.15) is 49.8 Å². The first-order chi connectivity index (χ1) is 20.6. The van der Waals surface area contributed by atoms with Crippen molar-refractivity contribution in [2.45, 2.75) is 57.8 Å². The summed E-state index contributed by atoms with van der Waals surface area (Å²) in [5.74, 6) is -3.30. The smallest absolute Gasteiger partial charge is 0.410 e. The van der Waals surface area contributed by atoms with E-state index in [1.165, 1.54) is 0 Å². The summed E-state index contributed by atoms with van der Waals surface area (Å²) < 4.78 is 48.0. The molecule has 1 amide bonds. The first-order valence-electron chi connectivity index (χ1n) is 14.4. The number of aromatic nitrogens is 1. The Hall–Kier alpha value is -4.46. The summed E-state index contributed by atoms with van der Waals surface area (Å²) in [6, 6.07) is 30.3. The lowest BCUT2D eigenvalue weighted by Crippen LogP contribution is -2.50. The van der Waals surface area contributed by atoms with Crippen LogP contribution in [0.3, 0.4) is 0 Å². The topological polar surface area (TPSA) is 60.9 Å². The van der Waals surface area contributed by atoms with Crippen molar-refractivity contribution in [2.24, 2.45) is 0 Å². The normalized spacial score (nSPS) is 16.4. The van der Waals surface area contributed by atoms with E-state index < -0.39 is 30.1 Å². The molecule has 1 aromatic heterocycles. The van der Waals surface area contributed by atoms with Crippen molar-refractivity contribution < 1.29 is 27.8 Å². The van der Waals surface area contributed by atoms with Gasteiger partial charge in [0.15, 0.2) is 0 Å². The molecule has 0 spiro atoms. The molecule has 0 radical (unpaired) electrons. The summed E-state index contributed by atoms with van der Waals surface area (Å²) in [7, 11) is 0. The van der Waals surface area contributed by atoms with Gasteiger partial charge in [-0.15, -0.1) is 0 Å². The molecule has 224 valence electrons. The lowest BCUT2D eigenvalue weighted by molar-refractivity contribution is -0.0848. The molecule has 8 heteroatoms. The summed E-state index contributed by atoms with van der Waals surface area (Å²) in [6.07, 6.45) is -0.584. The van der Waals surface area contributed by atoms with Gasteiger partial charge < -0.3 is 19.1 Å². The van der Waals surface area contributed by atoms with Crippen molar-refractivity contribution in [1.29, 1.82) is 0 Å². The van der Waals surface area contributed by atoms with Gasteiger partial charge in [0.25, 0.3) is 5.92 Å². The molecule has 1 unspecified atom stereocenters. The number of amides is 1. The number of ether oxygens (including phenoxy) is 3. The average Bonchev–Trinajstić information content (AvgIpc) is 2.99. The zero-order chi connectivity index (χ0) is 30.5. The molecule has 0 saturated carbocycles. The Morgan fingerprint density at radius 3 is 2.05 bits per heavy atom. The second-order valence-electron chi connectivity index (χ2n) is 11.7. The number of piperidine rings is 1. The van der Waals surface area contributed by atoms with Gasteiger partial charge in [0.2, 0.25) is 11.8 Å². The molecule has 0 bridgehead atoms. The molecule has 1 aliphatic rings. The largest absolute Gasteiger partial charge is 0.473 e.